The molecule has 90 valence electrons. The number of nitriles is 1. The molecular weight excluding hydrogens is 238 g/mol. The van der Waals surface area contributed by atoms with Gasteiger partial charge in [-0.15, -0.1) is 0 Å². The number of hydrogen-bond donors (Lipinski definition) is 1. The number of anilines is 1. The van der Waals surface area contributed by atoms with Crippen molar-refractivity contribution >= 4 is 17.4 Å². The number of nitrogens with zero attached hydrogens (tertiary/aromatic N) is 2. The molecule has 1 heterocycles. The lowest BCUT2D eigenvalue weighted by molar-refractivity contribution is 0.134. The van der Waals surface area contributed by atoms with E-state index in [1.54, 1.807) is 6.07 Å². The average molecular weight is 252 g/mol. The van der Waals surface area contributed by atoms with Gasteiger partial charge in [-0.2, -0.15) is 5.26 Å². The first kappa shape index (κ1) is 12.2. The van der Waals surface area contributed by atoms with Crippen molar-refractivity contribution in [1.29, 1.82) is 5.26 Å². The van der Waals surface area contributed by atoms with Gasteiger partial charge in [0, 0.05) is 13.2 Å². The van der Waals surface area contributed by atoms with Gasteiger partial charge in [0.05, 0.1) is 18.2 Å². The Kier molecular flexibility index (Phi) is 4.18. The maximum Gasteiger partial charge on any atom is 0.132 e. The van der Waals surface area contributed by atoms with Gasteiger partial charge in [0.1, 0.15) is 11.0 Å². The molecule has 1 fully saturated rings. The third-order valence-corrected chi connectivity index (χ3v) is 2.72. The van der Waals surface area contributed by atoms with Crippen molar-refractivity contribution in [3.05, 3.63) is 22.8 Å². The Morgan fingerprint density at radius 3 is 3.06 bits per heavy atom. The van der Waals surface area contributed by atoms with Gasteiger partial charge in [0.25, 0.3) is 0 Å². The van der Waals surface area contributed by atoms with E-state index in [0.29, 0.717) is 29.7 Å². The molecule has 0 aromatic carbocycles. The third kappa shape index (κ3) is 4.22. The van der Waals surface area contributed by atoms with Crippen LogP contribution in [0, 0.1) is 17.2 Å². The number of rotatable bonds is 6. The Morgan fingerprint density at radius 2 is 2.35 bits per heavy atom. The Hall–Kier alpha value is -1.31. The fraction of sp³-hybridized carbons (Fsp3) is 0.500. The Balaban J connectivity index is 1.73. The topological polar surface area (TPSA) is 57.9 Å². The van der Waals surface area contributed by atoms with Crippen molar-refractivity contribution in [2.45, 2.75) is 12.8 Å². The summed E-state index contributed by atoms with van der Waals surface area (Å²) in [6, 6.07) is 5.25. The lowest BCUT2D eigenvalue weighted by Gasteiger charge is -2.06. The van der Waals surface area contributed by atoms with Crippen LogP contribution < -0.4 is 5.32 Å². The first-order valence-electron chi connectivity index (χ1n) is 5.67. The van der Waals surface area contributed by atoms with Crippen LogP contribution in [0.25, 0.3) is 0 Å². The SMILES string of the molecule is N#Cc1cc(Cl)nc(NCCOCC2CC2)c1. The molecule has 1 aliphatic rings. The highest BCUT2D eigenvalue weighted by Crippen LogP contribution is 2.28. The molecule has 1 aromatic rings. The highest BCUT2D eigenvalue weighted by Gasteiger charge is 2.20. The summed E-state index contributed by atoms with van der Waals surface area (Å²) in [6.45, 7) is 2.17. The minimum Gasteiger partial charge on any atom is -0.379 e. The van der Waals surface area contributed by atoms with E-state index in [9.17, 15) is 0 Å². The Bertz CT molecular complexity index is 426. The summed E-state index contributed by atoms with van der Waals surface area (Å²) in [5.41, 5.74) is 0.506. The predicted octanol–water partition coefficient (Wildman–Crippen LogP) is 2.45. The van der Waals surface area contributed by atoms with Crippen molar-refractivity contribution in [3.8, 4) is 6.07 Å². The van der Waals surface area contributed by atoms with Crippen LogP contribution in [0.15, 0.2) is 12.1 Å². The number of ether oxygens (including phenoxy) is 1. The van der Waals surface area contributed by atoms with E-state index >= 15 is 0 Å². The molecule has 0 unspecified atom stereocenters. The van der Waals surface area contributed by atoms with Crippen molar-refractivity contribution < 1.29 is 4.74 Å². The summed E-state index contributed by atoms with van der Waals surface area (Å²) in [4.78, 5) is 4.07. The fourth-order valence-corrected chi connectivity index (χ4v) is 1.65. The van der Waals surface area contributed by atoms with Crippen molar-refractivity contribution in [2.75, 3.05) is 25.1 Å². The minimum atomic E-state index is 0.324. The number of nitrogens with one attached hydrogen (secondary N) is 1. The van der Waals surface area contributed by atoms with Crippen LogP contribution in [-0.4, -0.2) is 24.7 Å². The molecule has 0 radical (unpaired) electrons. The van der Waals surface area contributed by atoms with Crippen LogP contribution in [0.4, 0.5) is 5.82 Å². The zero-order chi connectivity index (χ0) is 12.1. The first-order valence-corrected chi connectivity index (χ1v) is 6.05. The lowest BCUT2D eigenvalue weighted by Crippen LogP contribution is -2.11. The van der Waals surface area contributed by atoms with Crippen LogP contribution >= 0.6 is 11.6 Å². The van der Waals surface area contributed by atoms with Crippen molar-refractivity contribution in [2.24, 2.45) is 5.92 Å². The summed E-state index contributed by atoms with van der Waals surface area (Å²) in [5, 5.41) is 12.2. The van der Waals surface area contributed by atoms with Gasteiger partial charge in [-0.25, -0.2) is 4.98 Å². The zero-order valence-electron chi connectivity index (χ0n) is 9.45. The van der Waals surface area contributed by atoms with Gasteiger partial charge < -0.3 is 10.1 Å². The molecule has 1 saturated carbocycles. The van der Waals surface area contributed by atoms with Crippen LogP contribution in [0.3, 0.4) is 0 Å². The molecule has 0 spiro atoms. The lowest BCUT2D eigenvalue weighted by atomic mass is 10.3. The van der Waals surface area contributed by atoms with Gasteiger partial charge in [0.2, 0.25) is 0 Å². The van der Waals surface area contributed by atoms with Crippen LogP contribution in [0.5, 0.6) is 0 Å². The van der Waals surface area contributed by atoms with Crippen molar-refractivity contribution in [3.63, 3.8) is 0 Å². The number of aromatic nitrogens is 1. The minimum absolute atomic E-state index is 0.324. The molecule has 5 heteroatoms. The largest absolute Gasteiger partial charge is 0.379 e. The van der Waals surface area contributed by atoms with E-state index in [1.165, 1.54) is 18.9 Å². The maximum absolute atomic E-state index is 8.78. The van der Waals surface area contributed by atoms with Crippen molar-refractivity contribution in [1.82, 2.24) is 4.98 Å². The van der Waals surface area contributed by atoms with E-state index < -0.39 is 0 Å². The summed E-state index contributed by atoms with van der Waals surface area (Å²) in [6.07, 6.45) is 2.60. The summed E-state index contributed by atoms with van der Waals surface area (Å²) in [5.74, 6) is 1.40. The van der Waals surface area contributed by atoms with Gasteiger partial charge >= 0.3 is 0 Å². The fourth-order valence-electron chi connectivity index (χ4n) is 1.44. The molecule has 1 N–H and O–H groups in total. The number of halogens is 1. The van der Waals surface area contributed by atoms with E-state index in [1.807, 2.05) is 6.07 Å². The summed E-state index contributed by atoms with van der Waals surface area (Å²) in [7, 11) is 0. The molecule has 0 saturated heterocycles. The van der Waals surface area contributed by atoms with Crippen LogP contribution in [0.1, 0.15) is 18.4 Å². The van der Waals surface area contributed by atoms with Gasteiger partial charge in [-0.3, -0.25) is 0 Å². The van der Waals surface area contributed by atoms with Crippen LogP contribution in [0.2, 0.25) is 5.15 Å². The van der Waals surface area contributed by atoms with E-state index in [0.717, 1.165) is 12.5 Å². The standard InChI is InChI=1S/C12H14ClN3O/c13-11-5-10(7-14)6-12(16-11)15-3-4-17-8-9-1-2-9/h5-6,9H,1-4,8H2,(H,15,16). The molecule has 0 atom stereocenters. The Morgan fingerprint density at radius 1 is 1.53 bits per heavy atom. The highest BCUT2D eigenvalue weighted by molar-refractivity contribution is 6.29. The molecule has 0 aliphatic heterocycles. The van der Waals surface area contributed by atoms with E-state index in [2.05, 4.69) is 10.3 Å². The second-order valence-corrected chi connectivity index (χ2v) is 4.51. The zero-order valence-corrected chi connectivity index (χ0v) is 10.2. The smallest absolute Gasteiger partial charge is 0.132 e. The average Bonchev–Trinajstić information content (AvgIpc) is 3.12. The Labute approximate surface area is 106 Å². The number of hydrogen-bond acceptors (Lipinski definition) is 4. The molecule has 17 heavy (non-hydrogen) atoms. The molecular formula is C12H14ClN3O. The van der Waals surface area contributed by atoms with E-state index in [4.69, 9.17) is 21.6 Å². The summed E-state index contributed by atoms with van der Waals surface area (Å²) >= 11 is 5.79. The highest BCUT2D eigenvalue weighted by atomic mass is 35.5. The second kappa shape index (κ2) is 5.85. The normalized spacial score (nSPS) is 14.4. The number of pyridine rings is 1. The van der Waals surface area contributed by atoms with E-state index in [-0.39, 0.29) is 0 Å². The van der Waals surface area contributed by atoms with Gasteiger partial charge in [0.15, 0.2) is 0 Å². The molecule has 4 nitrogen and oxygen atoms in total. The summed E-state index contributed by atoms with van der Waals surface area (Å²) < 4.78 is 5.48. The maximum atomic E-state index is 8.78. The monoisotopic (exact) mass is 251 g/mol. The first-order chi connectivity index (χ1) is 8.28. The van der Waals surface area contributed by atoms with Gasteiger partial charge in [-0.05, 0) is 30.9 Å². The third-order valence-electron chi connectivity index (χ3n) is 2.53. The van der Waals surface area contributed by atoms with Crippen LogP contribution in [-0.2, 0) is 4.74 Å². The molecule has 0 amide bonds. The molecule has 1 aliphatic carbocycles. The molecule has 1 aromatic heterocycles. The molecule has 0 bridgehead atoms. The van der Waals surface area contributed by atoms with Gasteiger partial charge in [-0.1, -0.05) is 11.6 Å². The second-order valence-electron chi connectivity index (χ2n) is 4.12. The quantitative estimate of drug-likeness (QED) is 0.623. The predicted molar refractivity (Wildman–Crippen MR) is 66.0 cm³/mol. The molecule has 2 rings (SSSR count).